The number of ether oxygens (including phenoxy) is 1. The molecule has 2 aromatic rings. The molecule has 0 radical (unpaired) electrons. The number of hydrogen-bond donors (Lipinski definition) is 1. The van der Waals surface area contributed by atoms with Gasteiger partial charge in [0.2, 0.25) is 15.9 Å². The van der Waals surface area contributed by atoms with Gasteiger partial charge < -0.3 is 15.0 Å². The highest BCUT2D eigenvalue weighted by Crippen LogP contribution is 2.40. The lowest BCUT2D eigenvalue weighted by molar-refractivity contribution is -0.127. The molecule has 1 N–H and O–H groups in total. The zero-order valence-corrected chi connectivity index (χ0v) is 26.7. The van der Waals surface area contributed by atoms with E-state index in [4.69, 9.17) is 16.3 Å². The maximum absolute atomic E-state index is 13.3. The average Bonchev–Trinajstić information content (AvgIpc) is 3.39. The molecule has 4 rings (SSSR count). The van der Waals surface area contributed by atoms with Crippen LogP contribution in [0.2, 0.25) is 5.02 Å². The number of halogens is 1. The predicted molar refractivity (Wildman–Crippen MR) is 165 cm³/mol. The molecule has 226 valence electrons. The largest absolute Gasteiger partial charge is 0.367 e. The molecule has 0 spiro atoms. The molecule has 2 atom stereocenters. The van der Waals surface area contributed by atoms with E-state index in [1.165, 1.54) is 35.6 Å². The second-order valence-corrected chi connectivity index (χ2v) is 14.5. The molecule has 1 amide bonds. The highest BCUT2D eigenvalue weighted by atomic mass is 35.5. The number of rotatable bonds is 11. The molecule has 0 aromatic heterocycles. The Balaban J connectivity index is 1.16. The smallest absolute Gasteiger partial charge is 0.246 e. The van der Waals surface area contributed by atoms with E-state index < -0.39 is 10.0 Å². The number of aryl methyl sites for hydroxylation is 3. The zero-order valence-electron chi connectivity index (χ0n) is 25.2. The van der Waals surface area contributed by atoms with Crippen LogP contribution in [-0.2, 0) is 19.6 Å². The average molecular weight is 604 g/mol. The summed E-state index contributed by atoms with van der Waals surface area (Å²) in [6, 6.07) is 12.4. The van der Waals surface area contributed by atoms with Gasteiger partial charge in [0.25, 0.3) is 0 Å². The molecule has 9 heteroatoms. The standard InChI is InChI=1S/C32H46ClN3O4S/c1-22-18-23(2)32(24(3)19-22)41(38,39)36-17-15-29(20-36)40-21-30(37)34-16-14-25-6-8-26(9-7-25)31(35(4)5)27-10-12-28(33)13-11-27/h10-13,18-19,25-26,29,31H,6-9,14-17,20-21H2,1-5H3,(H,34,37). The monoisotopic (exact) mass is 603 g/mol. The Labute approximate surface area is 251 Å². The van der Waals surface area contributed by atoms with Gasteiger partial charge in [0.1, 0.15) is 6.61 Å². The Bertz CT molecular complexity index is 1270. The summed E-state index contributed by atoms with van der Waals surface area (Å²) in [5.74, 6) is 1.09. The second kappa shape index (κ2) is 14.0. The number of amides is 1. The molecule has 41 heavy (non-hydrogen) atoms. The summed E-state index contributed by atoms with van der Waals surface area (Å²) in [7, 11) is 0.697. The van der Waals surface area contributed by atoms with Crippen LogP contribution in [0.1, 0.15) is 66.8 Å². The van der Waals surface area contributed by atoms with Crippen LogP contribution in [0.25, 0.3) is 0 Å². The van der Waals surface area contributed by atoms with Crippen LogP contribution < -0.4 is 5.32 Å². The summed E-state index contributed by atoms with van der Waals surface area (Å²) >= 11 is 6.11. The van der Waals surface area contributed by atoms with Crippen LogP contribution in [0, 0.1) is 32.6 Å². The number of sulfonamides is 1. The molecule has 1 saturated heterocycles. The van der Waals surface area contributed by atoms with Crippen molar-refractivity contribution in [1.29, 1.82) is 0 Å². The predicted octanol–water partition coefficient (Wildman–Crippen LogP) is 5.66. The van der Waals surface area contributed by atoms with Gasteiger partial charge in [-0.2, -0.15) is 4.31 Å². The van der Waals surface area contributed by atoms with Gasteiger partial charge in [-0.25, -0.2) is 8.42 Å². The fraction of sp³-hybridized carbons (Fsp3) is 0.594. The molecule has 1 saturated carbocycles. The minimum Gasteiger partial charge on any atom is -0.367 e. The summed E-state index contributed by atoms with van der Waals surface area (Å²) in [5.41, 5.74) is 3.89. The number of nitrogens with zero attached hydrogens (tertiary/aromatic N) is 2. The molecular formula is C32H46ClN3O4S. The van der Waals surface area contributed by atoms with E-state index in [1.54, 1.807) is 0 Å². The Hall–Kier alpha value is -1.97. The lowest BCUT2D eigenvalue weighted by Crippen LogP contribution is -2.34. The first-order chi connectivity index (χ1) is 19.5. The lowest BCUT2D eigenvalue weighted by atomic mass is 9.75. The highest BCUT2D eigenvalue weighted by Gasteiger charge is 2.35. The fourth-order valence-corrected chi connectivity index (χ4v) is 8.88. The third kappa shape index (κ3) is 8.11. The molecule has 1 aliphatic carbocycles. The van der Waals surface area contributed by atoms with Gasteiger partial charge in [-0.05, 0) is 101 Å². The molecule has 1 aliphatic heterocycles. The van der Waals surface area contributed by atoms with Crippen LogP contribution in [0.3, 0.4) is 0 Å². The van der Waals surface area contributed by atoms with E-state index in [9.17, 15) is 13.2 Å². The Kier molecular flexibility index (Phi) is 10.9. The molecule has 7 nitrogen and oxygen atoms in total. The van der Waals surface area contributed by atoms with E-state index in [0.29, 0.717) is 42.3 Å². The minimum atomic E-state index is -3.60. The van der Waals surface area contributed by atoms with Gasteiger partial charge in [0, 0.05) is 30.7 Å². The summed E-state index contributed by atoms with van der Waals surface area (Å²) in [6.07, 6.45) is 5.97. The second-order valence-electron chi connectivity index (χ2n) is 12.2. The highest BCUT2D eigenvalue weighted by molar-refractivity contribution is 7.89. The summed E-state index contributed by atoms with van der Waals surface area (Å²) < 4.78 is 34.0. The van der Waals surface area contributed by atoms with Crippen molar-refractivity contribution in [3.8, 4) is 0 Å². The van der Waals surface area contributed by atoms with Crippen LogP contribution in [0.15, 0.2) is 41.3 Å². The van der Waals surface area contributed by atoms with Gasteiger partial charge in [-0.15, -0.1) is 0 Å². The van der Waals surface area contributed by atoms with Crippen molar-refractivity contribution in [1.82, 2.24) is 14.5 Å². The molecule has 2 unspecified atom stereocenters. The van der Waals surface area contributed by atoms with E-state index in [2.05, 4.69) is 36.4 Å². The number of nitrogens with one attached hydrogen (secondary N) is 1. The Morgan fingerprint density at radius 1 is 1.05 bits per heavy atom. The minimum absolute atomic E-state index is 0.0422. The fourth-order valence-electron chi connectivity index (χ4n) is 6.86. The van der Waals surface area contributed by atoms with Crippen molar-refractivity contribution in [2.75, 3.05) is 40.3 Å². The van der Waals surface area contributed by atoms with Gasteiger partial charge >= 0.3 is 0 Å². The number of carbonyl (C=O) groups excluding carboxylic acids is 1. The van der Waals surface area contributed by atoms with E-state index in [-0.39, 0.29) is 25.2 Å². The Morgan fingerprint density at radius 2 is 1.68 bits per heavy atom. The third-order valence-electron chi connectivity index (χ3n) is 8.74. The summed E-state index contributed by atoms with van der Waals surface area (Å²) in [4.78, 5) is 15.2. The van der Waals surface area contributed by atoms with Crippen molar-refractivity contribution in [3.05, 3.63) is 63.7 Å². The summed E-state index contributed by atoms with van der Waals surface area (Å²) in [6.45, 7) is 6.93. The van der Waals surface area contributed by atoms with Crippen LogP contribution in [0.4, 0.5) is 0 Å². The summed E-state index contributed by atoms with van der Waals surface area (Å²) in [5, 5.41) is 3.78. The topological polar surface area (TPSA) is 78.9 Å². The van der Waals surface area contributed by atoms with Crippen molar-refractivity contribution < 1.29 is 17.9 Å². The first-order valence-corrected chi connectivity index (χ1v) is 16.7. The first kappa shape index (κ1) is 32.0. The maximum Gasteiger partial charge on any atom is 0.246 e. The molecule has 1 heterocycles. The number of carbonyl (C=O) groups is 1. The zero-order chi connectivity index (χ0) is 29.7. The number of benzene rings is 2. The van der Waals surface area contributed by atoms with Crippen LogP contribution in [-0.4, -0.2) is 70.0 Å². The van der Waals surface area contributed by atoms with Gasteiger partial charge in [0.05, 0.1) is 11.0 Å². The number of hydrogen-bond acceptors (Lipinski definition) is 5. The van der Waals surface area contributed by atoms with Crippen molar-refractivity contribution in [2.24, 2.45) is 11.8 Å². The van der Waals surface area contributed by atoms with Crippen molar-refractivity contribution >= 4 is 27.5 Å². The molecular weight excluding hydrogens is 558 g/mol. The van der Waals surface area contributed by atoms with Crippen molar-refractivity contribution in [2.45, 2.75) is 76.3 Å². The molecule has 2 fully saturated rings. The van der Waals surface area contributed by atoms with Crippen LogP contribution in [0.5, 0.6) is 0 Å². The lowest BCUT2D eigenvalue weighted by Gasteiger charge is -2.37. The molecule has 2 aromatic carbocycles. The van der Waals surface area contributed by atoms with Crippen LogP contribution >= 0.6 is 11.6 Å². The van der Waals surface area contributed by atoms with E-state index >= 15 is 0 Å². The Morgan fingerprint density at radius 3 is 2.29 bits per heavy atom. The van der Waals surface area contributed by atoms with Crippen molar-refractivity contribution in [3.63, 3.8) is 0 Å². The SMILES string of the molecule is Cc1cc(C)c(S(=O)(=O)N2CCC(OCC(=O)NCCC3CCC(C(c4ccc(Cl)cc4)N(C)C)CC3)C2)c(C)c1. The van der Waals surface area contributed by atoms with E-state index in [1.807, 2.05) is 45.0 Å². The van der Waals surface area contributed by atoms with E-state index in [0.717, 1.165) is 28.1 Å². The third-order valence-corrected chi connectivity index (χ3v) is 11.2. The molecule has 0 bridgehead atoms. The van der Waals surface area contributed by atoms with Gasteiger partial charge in [-0.3, -0.25) is 4.79 Å². The maximum atomic E-state index is 13.3. The van der Waals surface area contributed by atoms with Gasteiger partial charge in [-0.1, -0.05) is 54.3 Å². The first-order valence-electron chi connectivity index (χ1n) is 14.8. The quantitative estimate of drug-likeness (QED) is 0.359. The normalized spacial score (nSPS) is 22.7. The van der Waals surface area contributed by atoms with Gasteiger partial charge in [0.15, 0.2) is 0 Å². The molecule has 2 aliphatic rings.